The standard InChI is InChI=1S/C19H22F2N2O3S/c1-13(27(25,26)17-8-6-16(20)7-9-17)19(24)22-11-14-4-5-15(12-23(2)3)18(21)10-14/h4-10,13H,11-12H2,1-3H3,(H,22,24)/t13-/m0/s1. The summed E-state index contributed by atoms with van der Waals surface area (Å²) >= 11 is 0. The molecule has 0 radical (unpaired) electrons. The van der Waals surface area contributed by atoms with Crippen LogP contribution in [0.2, 0.25) is 0 Å². The Labute approximate surface area is 157 Å². The predicted molar refractivity (Wildman–Crippen MR) is 98.7 cm³/mol. The van der Waals surface area contributed by atoms with Gasteiger partial charge in [-0.2, -0.15) is 0 Å². The minimum atomic E-state index is -3.95. The van der Waals surface area contributed by atoms with Crippen molar-refractivity contribution in [3.63, 3.8) is 0 Å². The van der Waals surface area contributed by atoms with Crippen LogP contribution in [0.1, 0.15) is 18.1 Å². The lowest BCUT2D eigenvalue weighted by Gasteiger charge is -2.14. The second-order valence-corrected chi connectivity index (χ2v) is 8.79. The highest BCUT2D eigenvalue weighted by Crippen LogP contribution is 2.17. The van der Waals surface area contributed by atoms with Crippen molar-refractivity contribution in [1.82, 2.24) is 10.2 Å². The molecule has 2 rings (SSSR count). The molecule has 0 fully saturated rings. The van der Waals surface area contributed by atoms with E-state index in [0.29, 0.717) is 17.7 Å². The summed E-state index contributed by atoms with van der Waals surface area (Å²) in [7, 11) is -0.286. The Morgan fingerprint density at radius 2 is 1.74 bits per heavy atom. The summed E-state index contributed by atoms with van der Waals surface area (Å²) in [4.78, 5) is 13.9. The van der Waals surface area contributed by atoms with Crippen LogP contribution in [0, 0.1) is 11.6 Å². The van der Waals surface area contributed by atoms with E-state index in [2.05, 4.69) is 5.32 Å². The number of halogens is 2. The van der Waals surface area contributed by atoms with Crippen molar-refractivity contribution < 1.29 is 22.0 Å². The molecule has 1 N–H and O–H groups in total. The van der Waals surface area contributed by atoms with Crippen LogP contribution in [-0.4, -0.2) is 38.6 Å². The lowest BCUT2D eigenvalue weighted by Crippen LogP contribution is -2.37. The van der Waals surface area contributed by atoms with E-state index in [4.69, 9.17) is 0 Å². The molecule has 0 aliphatic rings. The average Bonchev–Trinajstić information content (AvgIpc) is 2.61. The number of carbonyl (C=O) groups excluding carboxylic acids is 1. The van der Waals surface area contributed by atoms with Gasteiger partial charge in [-0.1, -0.05) is 12.1 Å². The highest BCUT2D eigenvalue weighted by molar-refractivity contribution is 7.92. The molecule has 0 heterocycles. The van der Waals surface area contributed by atoms with Crippen molar-refractivity contribution in [2.45, 2.75) is 30.2 Å². The molecule has 0 saturated carbocycles. The van der Waals surface area contributed by atoms with Crippen LogP contribution < -0.4 is 5.32 Å². The summed E-state index contributed by atoms with van der Waals surface area (Å²) in [6.45, 7) is 1.71. The van der Waals surface area contributed by atoms with Gasteiger partial charge in [-0.3, -0.25) is 4.79 Å². The summed E-state index contributed by atoms with van der Waals surface area (Å²) in [5.41, 5.74) is 1.05. The topological polar surface area (TPSA) is 66.5 Å². The molecule has 0 spiro atoms. The Balaban J connectivity index is 2.04. The molecule has 1 atom stereocenters. The van der Waals surface area contributed by atoms with Gasteiger partial charge in [0.15, 0.2) is 9.84 Å². The number of benzene rings is 2. The maximum Gasteiger partial charge on any atom is 0.238 e. The Kier molecular flexibility index (Phi) is 6.67. The van der Waals surface area contributed by atoms with Gasteiger partial charge in [0.2, 0.25) is 5.91 Å². The van der Waals surface area contributed by atoms with Crippen molar-refractivity contribution in [1.29, 1.82) is 0 Å². The monoisotopic (exact) mass is 396 g/mol. The molecule has 0 aliphatic heterocycles. The van der Waals surface area contributed by atoms with E-state index in [1.165, 1.54) is 13.0 Å². The first-order chi connectivity index (χ1) is 12.6. The van der Waals surface area contributed by atoms with Crippen LogP contribution >= 0.6 is 0 Å². The first-order valence-corrected chi connectivity index (χ1v) is 9.85. The van der Waals surface area contributed by atoms with Crippen LogP contribution in [-0.2, 0) is 27.7 Å². The third-order valence-corrected chi connectivity index (χ3v) is 6.12. The van der Waals surface area contributed by atoms with Gasteiger partial charge >= 0.3 is 0 Å². The predicted octanol–water partition coefficient (Wildman–Crippen LogP) is 2.51. The second-order valence-electron chi connectivity index (χ2n) is 6.52. The molecule has 1 amide bonds. The number of rotatable bonds is 7. The number of nitrogens with zero attached hydrogens (tertiary/aromatic N) is 1. The number of hydrogen-bond donors (Lipinski definition) is 1. The van der Waals surface area contributed by atoms with Crippen LogP contribution in [0.3, 0.4) is 0 Å². The molecule has 0 saturated heterocycles. The summed E-state index contributed by atoms with van der Waals surface area (Å²) < 4.78 is 51.9. The van der Waals surface area contributed by atoms with E-state index < -0.39 is 26.8 Å². The van der Waals surface area contributed by atoms with Crippen LogP contribution in [0.25, 0.3) is 0 Å². The van der Waals surface area contributed by atoms with Gasteiger partial charge in [-0.25, -0.2) is 17.2 Å². The van der Waals surface area contributed by atoms with Gasteiger partial charge < -0.3 is 10.2 Å². The summed E-state index contributed by atoms with van der Waals surface area (Å²) in [5.74, 6) is -1.66. The molecule has 2 aromatic rings. The summed E-state index contributed by atoms with van der Waals surface area (Å²) in [6, 6.07) is 8.92. The van der Waals surface area contributed by atoms with Crippen molar-refractivity contribution in [3.05, 3.63) is 65.2 Å². The lowest BCUT2D eigenvalue weighted by molar-refractivity contribution is -0.120. The Morgan fingerprint density at radius 1 is 1.11 bits per heavy atom. The van der Waals surface area contributed by atoms with E-state index in [-0.39, 0.29) is 17.3 Å². The SMILES string of the molecule is C[C@@H](C(=O)NCc1ccc(CN(C)C)c(F)c1)S(=O)(=O)c1ccc(F)cc1. The van der Waals surface area contributed by atoms with E-state index in [9.17, 15) is 22.0 Å². The number of amides is 1. The van der Waals surface area contributed by atoms with Gasteiger partial charge in [0, 0.05) is 18.7 Å². The minimum absolute atomic E-state index is 0.00127. The van der Waals surface area contributed by atoms with Gasteiger partial charge in [0.25, 0.3) is 0 Å². The normalized spacial score (nSPS) is 12.8. The Morgan fingerprint density at radius 3 is 2.30 bits per heavy atom. The van der Waals surface area contributed by atoms with Gasteiger partial charge in [0.05, 0.1) is 4.90 Å². The van der Waals surface area contributed by atoms with Gasteiger partial charge in [-0.05, 0) is 56.9 Å². The molecule has 146 valence electrons. The van der Waals surface area contributed by atoms with Gasteiger partial charge in [0.1, 0.15) is 16.9 Å². The second kappa shape index (κ2) is 8.58. The van der Waals surface area contributed by atoms with Crippen LogP contribution in [0.4, 0.5) is 8.78 Å². The van der Waals surface area contributed by atoms with Crippen LogP contribution in [0.5, 0.6) is 0 Å². The Hall–Kier alpha value is -2.32. The van der Waals surface area contributed by atoms with E-state index in [1.807, 2.05) is 19.0 Å². The average molecular weight is 396 g/mol. The summed E-state index contributed by atoms with van der Waals surface area (Å²) in [5, 5.41) is 1.14. The van der Waals surface area contributed by atoms with Crippen molar-refractivity contribution in [3.8, 4) is 0 Å². The number of hydrogen-bond acceptors (Lipinski definition) is 4. The highest BCUT2D eigenvalue weighted by atomic mass is 32.2. The fourth-order valence-corrected chi connectivity index (χ4v) is 3.76. The van der Waals surface area contributed by atoms with Gasteiger partial charge in [-0.15, -0.1) is 0 Å². The molecular weight excluding hydrogens is 374 g/mol. The first kappa shape index (κ1) is 21.0. The van der Waals surface area contributed by atoms with Crippen molar-refractivity contribution in [2.75, 3.05) is 14.1 Å². The zero-order valence-corrected chi connectivity index (χ0v) is 16.2. The first-order valence-electron chi connectivity index (χ1n) is 8.30. The number of carbonyl (C=O) groups is 1. The van der Waals surface area contributed by atoms with E-state index in [1.54, 1.807) is 12.1 Å². The Bertz CT molecular complexity index is 913. The minimum Gasteiger partial charge on any atom is -0.351 e. The maximum atomic E-state index is 14.1. The molecule has 8 heteroatoms. The van der Waals surface area contributed by atoms with E-state index >= 15 is 0 Å². The molecule has 5 nitrogen and oxygen atoms in total. The van der Waals surface area contributed by atoms with Crippen LogP contribution in [0.15, 0.2) is 47.4 Å². The molecule has 27 heavy (non-hydrogen) atoms. The third kappa shape index (κ3) is 5.33. The van der Waals surface area contributed by atoms with Crippen molar-refractivity contribution >= 4 is 15.7 Å². The number of nitrogens with one attached hydrogen (secondary N) is 1. The quantitative estimate of drug-likeness (QED) is 0.731. The molecular formula is C19H22F2N2O3S. The van der Waals surface area contributed by atoms with Crippen molar-refractivity contribution in [2.24, 2.45) is 0 Å². The largest absolute Gasteiger partial charge is 0.351 e. The molecule has 0 unspecified atom stereocenters. The summed E-state index contributed by atoms with van der Waals surface area (Å²) in [6.07, 6.45) is 0. The fraction of sp³-hybridized carbons (Fsp3) is 0.316. The smallest absolute Gasteiger partial charge is 0.238 e. The molecule has 0 bridgehead atoms. The lowest BCUT2D eigenvalue weighted by atomic mass is 10.1. The van der Waals surface area contributed by atoms with E-state index in [0.717, 1.165) is 24.3 Å². The fourth-order valence-electron chi connectivity index (χ4n) is 2.47. The zero-order chi connectivity index (χ0) is 20.2. The third-order valence-electron chi connectivity index (χ3n) is 4.05. The highest BCUT2D eigenvalue weighted by Gasteiger charge is 2.29. The maximum absolute atomic E-state index is 14.1. The molecule has 2 aromatic carbocycles. The molecule has 0 aliphatic carbocycles. The number of sulfone groups is 1. The zero-order valence-electron chi connectivity index (χ0n) is 15.4. The molecule has 0 aromatic heterocycles.